The van der Waals surface area contributed by atoms with Gasteiger partial charge in [0.25, 0.3) is 15.1 Å². The molecular formula is C22H24ClN2O6S4+. The van der Waals surface area contributed by atoms with Gasteiger partial charge in [-0.3, -0.25) is 4.55 Å². The van der Waals surface area contributed by atoms with Crippen molar-refractivity contribution in [2.24, 2.45) is 0 Å². The van der Waals surface area contributed by atoms with E-state index in [0.717, 1.165) is 55.8 Å². The van der Waals surface area contributed by atoms with Crippen molar-refractivity contribution in [3.8, 4) is 0 Å². The van der Waals surface area contributed by atoms with Gasteiger partial charge in [0.1, 0.15) is 4.70 Å². The van der Waals surface area contributed by atoms with Gasteiger partial charge < -0.3 is 4.90 Å². The van der Waals surface area contributed by atoms with Crippen LogP contribution in [0.1, 0.15) is 23.4 Å². The van der Waals surface area contributed by atoms with E-state index in [1.54, 1.807) is 23.1 Å². The summed E-state index contributed by atoms with van der Waals surface area (Å²) in [5, 5.41) is 14.6. The van der Waals surface area contributed by atoms with Crippen molar-refractivity contribution in [2.45, 2.75) is 31.2 Å². The normalized spacial score (nSPS) is 14.9. The number of halogens is 1. The van der Waals surface area contributed by atoms with Crippen LogP contribution in [0, 0.1) is 6.92 Å². The molecule has 0 saturated carbocycles. The molecule has 3 aromatic rings. The molecule has 1 aliphatic rings. The third-order valence-electron chi connectivity index (χ3n) is 5.30. The molecule has 0 spiro atoms. The van der Waals surface area contributed by atoms with Crippen LogP contribution in [-0.4, -0.2) is 36.3 Å². The Morgan fingerprint density at radius 1 is 1.23 bits per heavy atom. The summed E-state index contributed by atoms with van der Waals surface area (Å²) >= 11 is 10.6. The quantitative estimate of drug-likeness (QED) is 0.0733. The van der Waals surface area contributed by atoms with Crippen LogP contribution in [0.5, 0.6) is 0 Å². The van der Waals surface area contributed by atoms with Crippen LogP contribution in [0.3, 0.4) is 0 Å². The zero-order chi connectivity index (χ0) is 25.0. The Hall–Kier alpha value is -1.35. The van der Waals surface area contributed by atoms with Gasteiger partial charge in [-0.25, -0.2) is 5.26 Å². The van der Waals surface area contributed by atoms with E-state index in [0.29, 0.717) is 17.3 Å². The molecule has 0 radical (unpaired) electrons. The summed E-state index contributed by atoms with van der Waals surface area (Å²) in [5.74, 6) is 0.323. The van der Waals surface area contributed by atoms with Gasteiger partial charge in [-0.1, -0.05) is 45.8 Å². The van der Waals surface area contributed by atoms with Crippen LogP contribution in [0.15, 0.2) is 46.3 Å². The lowest BCUT2D eigenvalue weighted by Crippen LogP contribution is -2.36. The third-order valence-corrected chi connectivity index (χ3v) is 9.17. The molecule has 1 aromatic heterocycles. The number of aryl methyl sites for hydroxylation is 2. The van der Waals surface area contributed by atoms with Crippen molar-refractivity contribution in [3.63, 3.8) is 0 Å². The Kier molecular flexibility index (Phi) is 9.00. The first kappa shape index (κ1) is 26.7. The minimum absolute atomic E-state index is 0.276. The molecule has 0 aliphatic carbocycles. The van der Waals surface area contributed by atoms with E-state index in [4.69, 9.17) is 16.9 Å². The highest BCUT2D eigenvalue weighted by Gasteiger charge is 2.28. The SMILES string of the molecule is Cc1ccc2c(c1)N(CCCSOOO)C(=Cc1sc3ccc(Cl)cc3[n+]1CCCS(=O)(=O)O)S2. The average Bonchev–Trinajstić information content (AvgIpc) is 3.30. The Labute approximate surface area is 221 Å². The minimum Gasteiger partial charge on any atom is -0.335 e. The summed E-state index contributed by atoms with van der Waals surface area (Å²) in [7, 11) is -4.04. The van der Waals surface area contributed by atoms with Crippen molar-refractivity contribution in [2.75, 3.05) is 23.0 Å². The van der Waals surface area contributed by atoms with Crippen LogP contribution in [-0.2, 0) is 26.0 Å². The molecule has 13 heteroatoms. The van der Waals surface area contributed by atoms with Gasteiger partial charge in [-0.15, -0.1) is 4.33 Å². The maximum Gasteiger partial charge on any atom is 0.265 e. The molecule has 0 bridgehead atoms. The molecule has 35 heavy (non-hydrogen) atoms. The Morgan fingerprint density at radius 2 is 2.06 bits per heavy atom. The lowest BCUT2D eigenvalue weighted by atomic mass is 10.2. The molecule has 2 N–H and O–H groups in total. The molecule has 0 fully saturated rings. The van der Waals surface area contributed by atoms with Crippen molar-refractivity contribution in [1.82, 2.24) is 0 Å². The minimum atomic E-state index is -4.04. The summed E-state index contributed by atoms with van der Waals surface area (Å²) in [6.45, 7) is 3.22. The second-order valence-electron chi connectivity index (χ2n) is 7.87. The van der Waals surface area contributed by atoms with E-state index in [9.17, 15) is 13.0 Å². The van der Waals surface area contributed by atoms with E-state index in [-0.39, 0.29) is 12.2 Å². The number of nitrogens with zero attached hydrogens (tertiary/aromatic N) is 2. The molecular weight excluding hydrogens is 552 g/mol. The standard InChI is InChI=1S/C22H23ClN2O6S4/c1-15-4-6-19-17(12-15)24(8-2-10-32-31-30-26)21(33-19)14-22-25(9-3-11-35(27,28)29)18-13-16(23)5-7-20(18)34-22/h4-7,12-14H,2-3,8-11H2,1H3,(H-,26,27,28,29)/p+1. The highest BCUT2D eigenvalue weighted by Crippen LogP contribution is 2.47. The van der Waals surface area contributed by atoms with Crippen LogP contribution in [0.25, 0.3) is 16.3 Å². The summed E-state index contributed by atoms with van der Waals surface area (Å²) in [5.41, 5.74) is 3.22. The lowest BCUT2D eigenvalue weighted by Gasteiger charge is -2.20. The van der Waals surface area contributed by atoms with Gasteiger partial charge in [-0.05, 0) is 43.2 Å². The maximum atomic E-state index is 11.3. The van der Waals surface area contributed by atoms with Crippen LogP contribution in [0.4, 0.5) is 5.69 Å². The summed E-state index contributed by atoms with van der Waals surface area (Å²) in [6, 6.07) is 12.0. The highest BCUT2D eigenvalue weighted by molar-refractivity contribution is 8.04. The summed E-state index contributed by atoms with van der Waals surface area (Å²) in [4.78, 5) is 3.42. The smallest absolute Gasteiger partial charge is 0.265 e. The van der Waals surface area contributed by atoms with E-state index in [1.807, 2.05) is 18.2 Å². The number of benzene rings is 2. The monoisotopic (exact) mass is 575 g/mol. The van der Waals surface area contributed by atoms with Gasteiger partial charge in [0.05, 0.1) is 22.5 Å². The molecule has 1 aliphatic heterocycles. The average molecular weight is 576 g/mol. The van der Waals surface area contributed by atoms with Crippen molar-refractivity contribution in [1.29, 1.82) is 0 Å². The van der Waals surface area contributed by atoms with Crippen molar-refractivity contribution >= 4 is 78.8 Å². The molecule has 0 saturated heterocycles. The second kappa shape index (κ2) is 11.8. The van der Waals surface area contributed by atoms with E-state index in [2.05, 4.69) is 50.0 Å². The van der Waals surface area contributed by atoms with Gasteiger partial charge in [0.15, 0.2) is 6.54 Å². The topological polar surface area (TPSA) is 100 Å². The fourth-order valence-corrected chi connectivity index (χ4v) is 7.11. The van der Waals surface area contributed by atoms with Crippen LogP contribution in [0.2, 0.25) is 5.02 Å². The molecule has 188 valence electrons. The number of anilines is 1. The lowest BCUT2D eigenvalue weighted by molar-refractivity contribution is -0.668. The predicted molar refractivity (Wildman–Crippen MR) is 142 cm³/mol. The first-order valence-corrected chi connectivity index (χ1v) is 15.2. The first-order chi connectivity index (χ1) is 16.7. The molecule has 8 nitrogen and oxygen atoms in total. The Morgan fingerprint density at radius 3 is 2.83 bits per heavy atom. The fourth-order valence-electron chi connectivity index (χ4n) is 3.81. The van der Waals surface area contributed by atoms with Gasteiger partial charge in [-0.2, -0.15) is 13.0 Å². The largest absolute Gasteiger partial charge is 0.335 e. The van der Waals surface area contributed by atoms with E-state index in [1.165, 1.54) is 5.56 Å². The molecule has 2 aromatic carbocycles. The third kappa shape index (κ3) is 6.90. The Balaban J connectivity index is 1.68. The van der Waals surface area contributed by atoms with Gasteiger partial charge >= 0.3 is 0 Å². The molecule has 0 amide bonds. The fraction of sp³-hybridized carbons (Fsp3) is 0.318. The van der Waals surface area contributed by atoms with E-state index >= 15 is 0 Å². The van der Waals surface area contributed by atoms with E-state index < -0.39 is 10.1 Å². The molecule has 0 unspecified atom stereocenters. The summed E-state index contributed by atoms with van der Waals surface area (Å²) in [6.07, 6.45) is 3.18. The molecule has 2 heterocycles. The number of hydrogen-bond donors (Lipinski definition) is 2. The number of rotatable bonds is 11. The zero-order valence-corrected chi connectivity index (χ0v) is 22.7. The number of fused-ring (bicyclic) bond motifs is 2. The number of hydrogen-bond acceptors (Lipinski definition) is 9. The first-order valence-electron chi connectivity index (χ1n) is 10.7. The second-order valence-corrected chi connectivity index (χ2v) is 12.8. The highest BCUT2D eigenvalue weighted by atomic mass is 35.5. The zero-order valence-electron chi connectivity index (χ0n) is 18.7. The predicted octanol–water partition coefficient (Wildman–Crippen LogP) is 5.80. The van der Waals surface area contributed by atoms with Gasteiger partial charge in [0, 0.05) is 46.7 Å². The number of aromatic nitrogens is 1. The maximum absolute atomic E-state index is 11.3. The van der Waals surface area contributed by atoms with Crippen LogP contribution >= 0.6 is 46.7 Å². The van der Waals surface area contributed by atoms with Crippen LogP contribution < -0.4 is 9.47 Å². The van der Waals surface area contributed by atoms with Gasteiger partial charge in [0.2, 0.25) is 5.52 Å². The summed E-state index contributed by atoms with van der Waals surface area (Å²) < 4.78 is 39.3. The van der Waals surface area contributed by atoms with Crippen molar-refractivity contribution < 1.29 is 32.2 Å². The Bertz CT molecular complexity index is 1350. The molecule has 4 rings (SSSR count). The molecule has 0 atom stereocenters. The number of thiazole rings is 1. The van der Waals surface area contributed by atoms with Crippen molar-refractivity contribution in [3.05, 3.63) is 57.0 Å². The number of thioether (sulfide) groups is 1.